The van der Waals surface area contributed by atoms with Gasteiger partial charge in [-0.15, -0.1) is 0 Å². The lowest BCUT2D eigenvalue weighted by Gasteiger charge is -2.20. The lowest BCUT2D eigenvalue weighted by atomic mass is 9.93. The topological polar surface area (TPSA) is 35.5 Å². The summed E-state index contributed by atoms with van der Waals surface area (Å²) in [6, 6.07) is 22.1. The number of alkyl halides is 3. The monoisotopic (exact) mass is 708 g/mol. The van der Waals surface area contributed by atoms with Crippen LogP contribution >= 0.6 is 0 Å². The summed E-state index contributed by atoms with van der Waals surface area (Å²) in [5, 5.41) is 0. The van der Waals surface area contributed by atoms with E-state index in [0.717, 1.165) is 54.7 Å². The van der Waals surface area contributed by atoms with Gasteiger partial charge in [0.15, 0.2) is 0 Å². The quantitative estimate of drug-likeness (QED) is 0.0449. The maximum atomic E-state index is 13.5. The molecule has 282 valence electrons. The molecule has 0 N–H and O–H groups in total. The molecule has 0 radical (unpaired) electrons. The number of hydrogen-bond donors (Lipinski definition) is 0. The molecule has 1 atom stereocenters. The van der Waals surface area contributed by atoms with Gasteiger partial charge in [0.2, 0.25) is 0 Å². The van der Waals surface area contributed by atoms with E-state index in [0.29, 0.717) is 24.2 Å². The van der Waals surface area contributed by atoms with Crippen LogP contribution in [0.15, 0.2) is 72.8 Å². The molecule has 1 unspecified atom stereocenters. The first-order valence-electron chi connectivity index (χ1n) is 20.0. The van der Waals surface area contributed by atoms with E-state index in [1.165, 1.54) is 83.5 Å². The van der Waals surface area contributed by atoms with Crippen molar-refractivity contribution in [1.29, 1.82) is 0 Å². The molecule has 0 spiro atoms. The number of benzene rings is 3. The molecule has 0 heterocycles. The minimum atomic E-state index is -4.18. The fourth-order valence-corrected chi connectivity index (χ4v) is 6.55. The molecule has 3 nitrogen and oxygen atoms in total. The molecule has 0 saturated heterocycles. The summed E-state index contributed by atoms with van der Waals surface area (Å²) in [5.41, 5.74) is 3.24. The van der Waals surface area contributed by atoms with Crippen LogP contribution < -0.4 is 9.47 Å². The van der Waals surface area contributed by atoms with Gasteiger partial charge < -0.3 is 9.47 Å². The Hall–Kier alpha value is -3.28. The summed E-state index contributed by atoms with van der Waals surface area (Å²) in [4.78, 5) is 12.8. The third-order valence-electron chi connectivity index (χ3n) is 9.86. The number of aryl methyl sites for hydroxylation is 1. The molecule has 0 aliphatic carbocycles. The zero-order valence-electron chi connectivity index (χ0n) is 31.4. The minimum Gasteiger partial charge on any atom is -0.494 e. The SMILES string of the molecule is CCCCCCCCCCCCCCCCOc1ccc(-c2ccc(C(=O)Oc3ccc(CCC(CCCCCC)C(F)(F)F)cc3)cc2)cc1. The summed E-state index contributed by atoms with van der Waals surface area (Å²) >= 11 is 0. The van der Waals surface area contributed by atoms with Crippen molar-refractivity contribution >= 4 is 5.97 Å². The zero-order chi connectivity index (χ0) is 36.6. The van der Waals surface area contributed by atoms with Gasteiger partial charge >= 0.3 is 12.1 Å². The van der Waals surface area contributed by atoms with Crippen LogP contribution in [0.3, 0.4) is 0 Å². The first-order chi connectivity index (χ1) is 24.8. The van der Waals surface area contributed by atoms with Crippen LogP contribution in [-0.4, -0.2) is 18.8 Å². The lowest BCUT2D eigenvalue weighted by molar-refractivity contribution is -0.178. The lowest BCUT2D eigenvalue weighted by Crippen LogP contribution is -2.23. The van der Waals surface area contributed by atoms with E-state index in [9.17, 15) is 18.0 Å². The van der Waals surface area contributed by atoms with E-state index in [4.69, 9.17) is 9.47 Å². The zero-order valence-corrected chi connectivity index (χ0v) is 31.4. The number of carbonyl (C=O) groups excluding carboxylic acids is 1. The summed E-state index contributed by atoms with van der Waals surface area (Å²) in [5.74, 6) is -0.540. The van der Waals surface area contributed by atoms with Crippen LogP contribution in [0.25, 0.3) is 11.1 Å². The molecule has 0 aromatic heterocycles. The Morgan fingerprint density at radius 2 is 1.00 bits per heavy atom. The van der Waals surface area contributed by atoms with E-state index >= 15 is 0 Å². The van der Waals surface area contributed by atoms with Crippen LogP contribution in [0.1, 0.15) is 158 Å². The van der Waals surface area contributed by atoms with Crippen LogP contribution in [0.4, 0.5) is 13.2 Å². The molecule has 6 heteroatoms. The fraction of sp³-hybridized carbons (Fsp3) is 0.578. The van der Waals surface area contributed by atoms with Crippen molar-refractivity contribution in [2.24, 2.45) is 5.92 Å². The summed E-state index contributed by atoms with van der Waals surface area (Å²) in [7, 11) is 0. The molecule has 3 aromatic rings. The van der Waals surface area contributed by atoms with Gasteiger partial charge in [0.25, 0.3) is 0 Å². The maximum absolute atomic E-state index is 13.5. The first-order valence-corrected chi connectivity index (χ1v) is 20.0. The summed E-state index contributed by atoms with van der Waals surface area (Å²) < 4.78 is 52.1. The number of halogens is 3. The predicted octanol–water partition coefficient (Wildman–Crippen LogP) is 14.5. The number of carbonyl (C=O) groups is 1. The average molecular weight is 709 g/mol. The second-order valence-electron chi connectivity index (χ2n) is 14.2. The highest BCUT2D eigenvalue weighted by molar-refractivity contribution is 5.91. The maximum Gasteiger partial charge on any atom is 0.391 e. The average Bonchev–Trinajstić information content (AvgIpc) is 3.13. The van der Waals surface area contributed by atoms with Crippen molar-refractivity contribution in [2.45, 2.75) is 155 Å². The second-order valence-corrected chi connectivity index (χ2v) is 14.2. The molecular weight excluding hydrogens is 645 g/mol. The Morgan fingerprint density at radius 1 is 0.549 bits per heavy atom. The summed E-state index contributed by atoms with van der Waals surface area (Å²) in [6.45, 7) is 5.05. The molecular formula is C45H63F3O3. The fourth-order valence-electron chi connectivity index (χ4n) is 6.55. The van der Waals surface area contributed by atoms with Gasteiger partial charge in [0, 0.05) is 0 Å². The predicted molar refractivity (Wildman–Crippen MR) is 206 cm³/mol. The van der Waals surface area contributed by atoms with Crippen molar-refractivity contribution in [1.82, 2.24) is 0 Å². The third kappa shape index (κ3) is 17.7. The molecule has 0 amide bonds. The number of rotatable bonds is 27. The minimum absolute atomic E-state index is 0.0659. The van der Waals surface area contributed by atoms with Gasteiger partial charge in [-0.05, 0) is 78.8 Å². The van der Waals surface area contributed by atoms with Gasteiger partial charge in [-0.1, -0.05) is 159 Å². The highest BCUT2D eigenvalue weighted by Gasteiger charge is 2.38. The number of ether oxygens (including phenoxy) is 2. The van der Waals surface area contributed by atoms with Crippen LogP contribution in [0.2, 0.25) is 0 Å². The van der Waals surface area contributed by atoms with Crippen molar-refractivity contribution in [3.8, 4) is 22.6 Å². The molecule has 3 rings (SSSR count). The highest BCUT2D eigenvalue weighted by Crippen LogP contribution is 2.34. The Kier molecular flexibility index (Phi) is 20.5. The number of unbranched alkanes of at least 4 members (excludes halogenated alkanes) is 16. The summed E-state index contributed by atoms with van der Waals surface area (Å²) in [6.07, 6.45) is 18.6. The van der Waals surface area contributed by atoms with E-state index in [1.807, 2.05) is 36.4 Å². The smallest absolute Gasteiger partial charge is 0.391 e. The normalized spacial score (nSPS) is 12.2. The molecule has 51 heavy (non-hydrogen) atoms. The standard InChI is InChI=1S/C45H63F3O3/c1-3-5-7-9-10-11-12-13-14-15-16-17-18-20-36-50-42-34-29-39(30-35-42)38-25-27-40(28-26-38)44(49)51-43-32-23-37(24-33-43)22-31-41(45(46,47)48)21-19-8-6-4-2/h23-30,32-35,41H,3-22,31,36H2,1-2H3. The van der Waals surface area contributed by atoms with Crippen molar-refractivity contribution in [3.63, 3.8) is 0 Å². The Morgan fingerprint density at radius 3 is 1.51 bits per heavy atom. The van der Waals surface area contributed by atoms with Gasteiger partial charge in [-0.3, -0.25) is 0 Å². The van der Waals surface area contributed by atoms with E-state index < -0.39 is 18.1 Å². The second kappa shape index (κ2) is 24.8. The van der Waals surface area contributed by atoms with Gasteiger partial charge in [-0.2, -0.15) is 13.2 Å². The van der Waals surface area contributed by atoms with Crippen molar-refractivity contribution in [3.05, 3.63) is 83.9 Å². The highest BCUT2D eigenvalue weighted by atomic mass is 19.4. The van der Waals surface area contributed by atoms with Crippen molar-refractivity contribution < 1.29 is 27.4 Å². The van der Waals surface area contributed by atoms with Crippen LogP contribution in [0, 0.1) is 5.92 Å². The van der Waals surface area contributed by atoms with E-state index in [2.05, 4.69) is 13.8 Å². The third-order valence-corrected chi connectivity index (χ3v) is 9.86. The molecule has 0 aliphatic rings. The molecule has 0 saturated carbocycles. The Balaban J connectivity index is 1.31. The first kappa shape index (κ1) is 42.1. The molecule has 0 bridgehead atoms. The van der Waals surface area contributed by atoms with Crippen LogP contribution in [0.5, 0.6) is 11.5 Å². The Labute approximate surface area is 306 Å². The van der Waals surface area contributed by atoms with E-state index in [1.54, 1.807) is 36.4 Å². The Bertz CT molecular complexity index is 1320. The van der Waals surface area contributed by atoms with E-state index in [-0.39, 0.29) is 12.8 Å². The molecule has 3 aromatic carbocycles. The van der Waals surface area contributed by atoms with Crippen molar-refractivity contribution in [2.75, 3.05) is 6.61 Å². The molecule has 0 fully saturated rings. The van der Waals surface area contributed by atoms with Gasteiger partial charge in [0.05, 0.1) is 18.1 Å². The van der Waals surface area contributed by atoms with Gasteiger partial charge in [-0.25, -0.2) is 4.79 Å². The number of esters is 1. The molecule has 0 aliphatic heterocycles. The van der Waals surface area contributed by atoms with Crippen LogP contribution in [-0.2, 0) is 6.42 Å². The number of hydrogen-bond acceptors (Lipinski definition) is 3. The largest absolute Gasteiger partial charge is 0.494 e. The van der Waals surface area contributed by atoms with Gasteiger partial charge in [0.1, 0.15) is 11.5 Å².